The molecule has 146 valence electrons. The van der Waals surface area contributed by atoms with Crippen LogP contribution in [0.25, 0.3) is 0 Å². The molecule has 0 aliphatic carbocycles. The summed E-state index contributed by atoms with van der Waals surface area (Å²) in [6, 6.07) is 6.98. The highest BCUT2D eigenvalue weighted by molar-refractivity contribution is 7.91. The van der Waals surface area contributed by atoms with Gasteiger partial charge in [0, 0.05) is 12.2 Å². The number of anilines is 1. The fourth-order valence-corrected chi connectivity index (χ4v) is 3.32. The summed E-state index contributed by atoms with van der Waals surface area (Å²) < 4.78 is 17.2. The minimum atomic E-state index is -1.32. The molecule has 0 aliphatic heterocycles. The molecule has 7 nitrogen and oxygen atoms in total. The first-order chi connectivity index (χ1) is 12.1. The Morgan fingerprint density at radius 2 is 1.73 bits per heavy atom. The molecule has 0 saturated carbocycles. The lowest BCUT2D eigenvalue weighted by atomic mass is 10.2. The van der Waals surface area contributed by atoms with Crippen molar-refractivity contribution >= 4 is 29.0 Å². The van der Waals surface area contributed by atoms with E-state index < -0.39 is 29.0 Å². The molecule has 8 heteroatoms. The third-order valence-corrected chi connectivity index (χ3v) is 4.91. The topological polar surface area (TPSA) is 116 Å². The molecule has 0 aliphatic rings. The molecular formula is C18H28N2O5S. The van der Waals surface area contributed by atoms with Gasteiger partial charge in [-0.2, -0.15) is 0 Å². The first kappa shape index (κ1) is 22.1. The summed E-state index contributed by atoms with van der Waals surface area (Å²) >= 11 is -1.07. The van der Waals surface area contributed by atoms with Gasteiger partial charge in [-0.15, -0.1) is 0 Å². The maximum Gasteiger partial charge on any atom is 0.419 e. The Morgan fingerprint density at radius 1 is 1.15 bits per heavy atom. The number of imide groups is 1. The monoisotopic (exact) mass is 384 g/mol. The molecule has 1 rings (SSSR count). The van der Waals surface area contributed by atoms with E-state index in [1.165, 1.54) is 0 Å². The van der Waals surface area contributed by atoms with Crippen LogP contribution in [0.15, 0.2) is 29.2 Å². The van der Waals surface area contributed by atoms with Gasteiger partial charge in [0.25, 0.3) is 0 Å². The van der Waals surface area contributed by atoms with Crippen LogP contribution < -0.4 is 5.73 Å². The maximum absolute atomic E-state index is 12.1. The number of amides is 2. The van der Waals surface area contributed by atoms with Crippen molar-refractivity contribution in [2.75, 3.05) is 18.0 Å². The standard InChI is InChI=1S/C18H28N2O5S/c1-18(2,3)25-17(23)20(16(21)22)12-6-4-5-7-13-26(24)15-10-8-14(19)9-11-15/h8-11H,4-7,12-13,19H2,1-3H3,(H,21,22). The van der Waals surface area contributed by atoms with Gasteiger partial charge in [0.2, 0.25) is 0 Å². The summed E-state index contributed by atoms with van der Waals surface area (Å²) in [6.45, 7) is 5.15. The molecule has 1 aromatic rings. The molecule has 2 amide bonds. The van der Waals surface area contributed by atoms with Gasteiger partial charge in [-0.25, -0.2) is 14.5 Å². The van der Waals surface area contributed by atoms with E-state index >= 15 is 0 Å². The van der Waals surface area contributed by atoms with E-state index in [0.29, 0.717) is 22.8 Å². The predicted octanol–water partition coefficient (Wildman–Crippen LogP) is 3.85. The van der Waals surface area contributed by atoms with Gasteiger partial charge in [0.05, 0.1) is 0 Å². The highest BCUT2D eigenvalue weighted by atomic mass is 32.2. The zero-order chi connectivity index (χ0) is 19.7. The fourth-order valence-electron chi connectivity index (χ4n) is 2.18. The molecule has 0 bridgehead atoms. The number of nitrogen functional groups attached to an aromatic ring is 1. The van der Waals surface area contributed by atoms with Gasteiger partial charge >= 0.3 is 12.2 Å². The summed E-state index contributed by atoms with van der Waals surface area (Å²) in [6.07, 6.45) is 0.683. The van der Waals surface area contributed by atoms with Gasteiger partial charge in [-0.1, -0.05) is 6.42 Å². The van der Waals surface area contributed by atoms with Gasteiger partial charge in [-0.05, 0) is 75.5 Å². The van der Waals surface area contributed by atoms with Crippen LogP contribution >= 0.6 is 0 Å². The Kier molecular flexibility index (Phi) is 8.74. The number of nitrogens with zero attached hydrogens (tertiary/aromatic N) is 1. The molecule has 0 heterocycles. The predicted molar refractivity (Wildman–Crippen MR) is 102 cm³/mol. The van der Waals surface area contributed by atoms with E-state index in [9.17, 15) is 14.1 Å². The number of ether oxygens (including phenoxy) is 1. The average molecular weight is 384 g/mol. The van der Waals surface area contributed by atoms with Crippen molar-refractivity contribution in [2.24, 2.45) is 0 Å². The van der Waals surface area contributed by atoms with Crippen LogP contribution in [0, 0.1) is 0 Å². The van der Waals surface area contributed by atoms with Crippen LogP contribution in [0.4, 0.5) is 15.3 Å². The van der Waals surface area contributed by atoms with Crippen molar-refractivity contribution in [2.45, 2.75) is 57.0 Å². The number of unbranched alkanes of at least 4 members (excludes halogenated alkanes) is 3. The molecule has 0 saturated heterocycles. The summed E-state index contributed by atoms with van der Waals surface area (Å²) in [4.78, 5) is 24.5. The second kappa shape index (κ2) is 10.3. The largest absolute Gasteiger partial charge is 0.611 e. The van der Waals surface area contributed by atoms with E-state index in [2.05, 4.69) is 0 Å². The van der Waals surface area contributed by atoms with E-state index in [1.807, 2.05) is 0 Å². The van der Waals surface area contributed by atoms with Crippen LogP contribution in [0.3, 0.4) is 0 Å². The Morgan fingerprint density at radius 3 is 2.27 bits per heavy atom. The molecule has 0 fully saturated rings. The molecule has 0 aromatic heterocycles. The van der Waals surface area contributed by atoms with Crippen LogP contribution in [0.1, 0.15) is 46.5 Å². The van der Waals surface area contributed by atoms with E-state index in [-0.39, 0.29) is 6.54 Å². The van der Waals surface area contributed by atoms with E-state index in [0.717, 1.165) is 24.2 Å². The summed E-state index contributed by atoms with van der Waals surface area (Å²) in [5.41, 5.74) is 5.50. The number of hydrogen-bond acceptors (Lipinski definition) is 5. The normalized spacial score (nSPS) is 12.5. The lowest BCUT2D eigenvalue weighted by molar-refractivity contribution is 0.0267. The molecule has 1 atom stereocenters. The fraction of sp³-hybridized carbons (Fsp3) is 0.556. The third kappa shape index (κ3) is 8.44. The smallest absolute Gasteiger partial charge is 0.419 e. The molecule has 0 spiro atoms. The Hall–Kier alpha value is -1.93. The number of nitrogens with two attached hydrogens (primary N) is 1. The second-order valence-corrected chi connectivity index (χ2v) is 8.52. The SMILES string of the molecule is CC(C)(C)OC(=O)N(CCCCCC[S+]([O-])c1ccc(N)cc1)C(=O)O. The maximum atomic E-state index is 12.1. The quantitative estimate of drug-likeness (QED) is 0.399. The van der Waals surface area contributed by atoms with Gasteiger partial charge in [-0.3, -0.25) is 0 Å². The summed E-state index contributed by atoms with van der Waals surface area (Å²) in [7, 11) is 0. The van der Waals surface area contributed by atoms with Crippen LogP contribution in [-0.2, 0) is 15.9 Å². The van der Waals surface area contributed by atoms with E-state index in [1.54, 1.807) is 45.0 Å². The lowest BCUT2D eigenvalue weighted by Gasteiger charge is -2.24. The summed E-state index contributed by atoms with van der Waals surface area (Å²) in [5.74, 6) is 0.540. The zero-order valence-corrected chi connectivity index (χ0v) is 16.4. The second-order valence-electron chi connectivity index (χ2n) is 6.95. The zero-order valence-electron chi connectivity index (χ0n) is 15.6. The molecule has 0 radical (unpaired) electrons. The van der Waals surface area contributed by atoms with Crippen molar-refractivity contribution in [1.82, 2.24) is 4.90 Å². The number of hydrogen-bond donors (Lipinski definition) is 2. The minimum absolute atomic E-state index is 0.0886. The van der Waals surface area contributed by atoms with Crippen molar-refractivity contribution in [3.63, 3.8) is 0 Å². The first-order valence-electron chi connectivity index (χ1n) is 8.57. The molecule has 26 heavy (non-hydrogen) atoms. The first-order valence-corrected chi connectivity index (χ1v) is 9.89. The Labute approximate surface area is 157 Å². The van der Waals surface area contributed by atoms with Crippen molar-refractivity contribution in [3.8, 4) is 0 Å². The molecule has 3 N–H and O–H groups in total. The van der Waals surface area contributed by atoms with Crippen molar-refractivity contribution in [3.05, 3.63) is 24.3 Å². The number of carbonyl (C=O) groups excluding carboxylic acids is 1. The number of carboxylic acid groups (broad SMARTS) is 1. The minimum Gasteiger partial charge on any atom is -0.611 e. The van der Waals surface area contributed by atoms with Gasteiger partial charge < -0.3 is 20.1 Å². The van der Waals surface area contributed by atoms with Crippen molar-refractivity contribution in [1.29, 1.82) is 0 Å². The Bertz CT molecular complexity index is 586. The van der Waals surface area contributed by atoms with Crippen molar-refractivity contribution < 1.29 is 24.0 Å². The lowest BCUT2D eigenvalue weighted by Crippen LogP contribution is -2.40. The highest BCUT2D eigenvalue weighted by Crippen LogP contribution is 2.16. The number of carbonyl (C=O) groups is 2. The number of benzene rings is 1. The molecular weight excluding hydrogens is 356 g/mol. The van der Waals surface area contributed by atoms with E-state index in [4.69, 9.17) is 15.6 Å². The molecule has 1 unspecified atom stereocenters. The van der Waals surface area contributed by atoms with Gasteiger partial charge in [0.15, 0.2) is 4.90 Å². The molecule has 1 aromatic carbocycles. The number of rotatable bonds is 8. The Balaban J connectivity index is 2.28. The van der Waals surface area contributed by atoms with Crippen LogP contribution in [-0.4, -0.2) is 44.6 Å². The van der Waals surface area contributed by atoms with Crippen LogP contribution in [0.2, 0.25) is 0 Å². The highest BCUT2D eigenvalue weighted by Gasteiger charge is 2.26. The van der Waals surface area contributed by atoms with Gasteiger partial charge in [0.1, 0.15) is 11.4 Å². The average Bonchev–Trinajstić information content (AvgIpc) is 2.52. The summed E-state index contributed by atoms with van der Waals surface area (Å²) in [5, 5.41) is 9.14. The third-order valence-electron chi connectivity index (χ3n) is 3.45. The van der Waals surface area contributed by atoms with Crippen LogP contribution in [0.5, 0.6) is 0 Å².